The van der Waals surface area contributed by atoms with Crippen molar-refractivity contribution in [2.75, 3.05) is 0 Å². The SMILES string of the molecule is Cc1cc(CCC(=O)O)cc(SCc2oc(-c3ccc(C(F)(F)F)c(F)c3)nc2C)c1. The molecule has 4 nitrogen and oxygen atoms in total. The van der Waals surface area contributed by atoms with Gasteiger partial charge in [0, 0.05) is 16.9 Å². The molecule has 9 heteroatoms. The summed E-state index contributed by atoms with van der Waals surface area (Å²) in [6, 6.07) is 8.38. The molecule has 0 fully saturated rings. The maximum Gasteiger partial charge on any atom is 0.419 e. The minimum atomic E-state index is -4.77. The number of thioether (sulfide) groups is 1. The number of rotatable bonds is 7. The Bertz CT molecular complexity index is 1110. The van der Waals surface area contributed by atoms with Crippen LogP contribution in [0.2, 0.25) is 0 Å². The lowest BCUT2D eigenvalue weighted by molar-refractivity contribution is -0.140. The van der Waals surface area contributed by atoms with E-state index in [0.29, 0.717) is 29.7 Å². The molecule has 0 saturated heterocycles. The van der Waals surface area contributed by atoms with E-state index in [1.807, 2.05) is 25.1 Å². The summed E-state index contributed by atoms with van der Waals surface area (Å²) in [5.74, 6) is -1.27. The van der Waals surface area contributed by atoms with E-state index in [4.69, 9.17) is 9.52 Å². The molecule has 2 aromatic carbocycles. The highest BCUT2D eigenvalue weighted by Crippen LogP contribution is 2.34. The first-order valence-corrected chi connectivity index (χ1v) is 10.3. The molecule has 164 valence electrons. The third kappa shape index (κ3) is 5.88. The molecule has 0 bridgehead atoms. The van der Waals surface area contributed by atoms with E-state index in [-0.39, 0.29) is 17.9 Å². The molecule has 3 aromatic rings. The zero-order valence-corrected chi connectivity index (χ0v) is 17.5. The van der Waals surface area contributed by atoms with Gasteiger partial charge in [0.2, 0.25) is 5.89 Å². The van der Waals surface area contributed by atoms with Crippen LogP contribution in [-0.2, 0) is 23.1 Å². The molecule has 0 radical (unpaired) electrons. The first-order chi connectivity index (χ1) is 14.5. The average molecular weight is 453 g/mol. The summed E-state index contributed by atoms with van der Waals surface area (Å²) in [6.07, 6.45) is -4.30. The summed E-state index contributed by atoms with van der Waals surface area (Å²) < 4.78 is 57.8. The van der Waals surface area contributed by atoms with Gasteiger partial charge in [-0.3, -0.25) is 4.79 Å². The monoisotopic (exact) mass is 453 g/mol. The Labute approximate surface area is 180 Å². The molecule has 1 heterocycles. The highest BCUT2D eigenvalue weighted by molar-refractivity contribution is 7.98. The highest BCUT2D eigenvalue weighted by atomic mass is 32.2. The molecular weight excluding hydrogens is 434 g/mol. The molecule has 0 saturated carbocycles. The number of hydrogen-bond acceptors (Lipinski definition) is 4. The van der Waals surface area contributed by atoms with Gasteiger partial charge in [-0.05, 0) is 61.7 Å². The highest BCUT2D eigenvalue weighted by Gasteiger charge is 2.34. The van der Waals surface area contributed by atoms with Crippen LogP contribution in [0.25, 0.3) is 11.5 Å². The van der Waals surface area contributed by atoms with Gasteiger partial charge >= 0.3 is 12.1 Å². The Morgan fingerprint density at radius 3 is 2.55 bits per heavy atom. The Morgan fingerprint density at radius 2 is 1.90 bits per heavy atom. The van der Waals surface area contributed by atoms with E-state index >= 15 is 0 Å². The Kier molecular flexibility index (Phi) is 6.74. The lowest BCUT2D eigenvalue weighted by Gasteiger charge is -2.08. The van der Waals surface area contributed by atoms with Crippen molar-refractivity contribution in [1.29, 1.82) is 0 Å². The predicted octanol–water partition coefficient (Wildman–Crippen LogP) is 6.43. The number of halogens is 4. The number of benzene rings is 2. The fourth-order valence-corrected chi connectivity index (χ4v) is 4.09. The van der Waals surface area contributed by atoms with Crippen LogP contribution in [0.15, 0.2) is 45.7 Å². The zero-order chi connectivity index (χ0) is 22.8. The average Bonchev–Trinajstić information content (AvgIpc) is 3.04. The fraction of sp³-hybridized carbons (Fsp3) is 0.273. The number of nitrogens with zero attached hydrogens (tertiary/aromatic N) is 1. The van der Waals surface area contributed by atoms with Crippen LogP contribution < -0.4 is 0 Å². The Balaban J connectivity index is 1.75. The maximum absolute atomic E-state index is 13.9. The van der Waals surface area contributed by atoms with Crippen LogP contribution in [0.4, 0.5) is 17.6 Å². The minimum Gasteiger partial charge on any atom is -0.481 e. The normalized spacial score (nSPS) is 11.7. The van der Waals surface area contributed by atoms with E-state index in [9.17, 15) is 22.4 Å². The van der Waals surface area contributed by atoms with Crippen molar-refractivity contribution in [3.63, 3.8) is 0 Å². The zero-order valence-electron chi connectivity index (χ0n) is 16.7. The van der Waals surface area contributed by atoms with Crippen molar-refractivity contribution in [2.24, 2.45) is 0 Å². The van der Waals surface area contributed by atoms with Gasteiger partial charge in [0.05, 0.1) is 17.0 Å². The topological polar surface area (TPSA) is 63.3 Å². The maximum atomic E-state index is 13.9. The lowest BCUT2D eigenvalue weighted by Crippen LogP contribution is -2.07. The lowest BCUT2D eigenvalue weighted by atomic mass is 10.1. The number of aliphatic carboxylic acids is 1. The quantitative estimate of drug-likeness (QED) is 0.330. The van der Waals surface area contributed by atoms with E-state index in [2.05, 4.69) is 4.98 Å². The molecule has 1 aromatic heterocycles. The van der Waals surface area contributed by atoms with Crippen molar-refractivity contribution in [1.82, 2.24) is 4.98 Å². The van der Waals surface area contributed by atoms with Gasteiger partial charge < -0.3 is 9.52 Å². The van der Waals surface area contributed by atoms with Crippen LogP contribution in [0.1, 0.15) is 34.6 Å². The largest absolute Gasteiger partial charge is 0.481 e. The summed E-state index contributed by atoms with van der Waals surface area (Å²) in [6.45, 7) is 3.63. The van der Waals surface area contributed by atoms with Crippen molar-refractivity contribution >= 4 is 17.7 Å². The second-order valence-electron chi connectivity index (χ2n) is 7.06. The number of oxazole rings is 1. The third-order valence-corrected chi connectivity index (χ3v) is 5.50. The molecule has 0 amide bonds. The van der Waals surface area contributed by atoms with Gasteiger partial charge in [-0.1, -0.05) is 6.07 Å². The minimum absolute atomic E-state index is 0.0435. The van der Waals surface area contributed by atoms with E-state index < -0.39 is 23.5 Å². The van der Waals surface area contributed by atoms with Crippen LogP contribution in [0.5, 0.6) is 0 Å². The second kappa shape index (κ2) is 9.13. The van der Waals surface area contributed by atoms with E-state index in [1.54, 1.807) is 6.92 Å². The number of carboxylic acid groups (broad SMARTS) is 1. The standard InChI is InChI=1S/C22H19F4NO3S/c1-12-7-14(3-6-20(28)29)9-16(8-12)31-11-19-13(2)27-21(30-19)15-4-5-17(18(23)10-15)22(24,25)26/h4-5,7-10H,3,6,11H2,1-2H3,(H,28,29). The fourth-order valence-electron chi connectivity index (χ4n) is 3.02. The molecular formula is C22H19F4NO3S. The van der Waals surface area contributed by atoms with Gasteiger partial charge in [-0.2, -0.15) is 13.2 Å². The predicted molar refractivity (Wildman–Crippen MR) is 108 cm³/mol. The molecule has 1 N–H and O–H groups in total. The number of aryl methyl sites for hydroxylation is 3. The van der Waals surface area contributed by atoms with Gasteiger partial charge in [0.1, 0.15) is 11.6 Å². The van der Waals surface area contributed by atoms with Crippen molar-refractivity contribution in [3.8, 4) is 11.5 Å². The Morgan fingerprint density at radius 1 is 1.16 bits per heavy atom. The van der Waals surface area contributed by atoms with Crippen molar-refractivity contribution in [3.05, 3.63) is 70.4 Å². The van der Waals surface area contributed by atoms with E-state index in [1.165, 1.54) is 11.8 Å². The number of alkyl halides is 3. The number of hydrogen-bond donors (Lipinski definition) is 1. The molecule has 0 aliphatic heterocycles. The third-order valence-electron chi connectivity index (χ3n) is 4.52. The van der Waals surface area contributed by atoms with Gasteiger partial charge in [0.15, 0.2) is 0 Å². The number of carbonyl (C=O) groups is 1. The number of carboxylic acids is 1. The molecule has 0 spiro atoms. The summed E-state index contributed by atoms with van der Waals surface area (Å²) in [5.41, 5.74) is 1.26. The number of aromatic nitrogens is 1. The molecule has 31 heavy (non-hydrogen) atoms. The van der Waals surface area contributed by atoms with Crippen LogP contribution in [0.3, 0.4) is 0 Å². The van der Waals surface area contributed by atoms with Crippen molar-refractivity contribution in [2.45, 2.75) is 43.5 Å². The molecule has 3 rings (SSSR count). The van der Waals surface area contributed by atoms with E-state index in [0.717, 1.165) is 28.2 Å². The summed E-state index contributed by atoms with van der Waals surface area (Å²) in [5, 5.41) is 8.86. The molecule has 0 unspecified atom stereocenters. The summed E-state index contributed by atoms with van der Waals surface area (Å²) in [4.78, 5) is 15.9. The Hall–Kier alpha value is -2.81. The second-order valence-corrected chi connectivity index (χ2v) is 8.11. The smallest absolute Gasteiger partial charge is 0.419 e. The van der Waals surface area contributed by atoms with Gasteiger partial charge in [-0.15, -0.1) is 11.8 Å². The first kappa shape index (κ1) is 22.9. The van der Waals surface area contributed by atoms with Crippen LogP contribution >= 0.6 is 11.8 Å². The first-order valence-electron chi connectivity index (χ1n) is 9.31. The van der Waals surface area contributed by atoms with Crippen molar-refractivity contribution < 1.29 is 31.9 Å². The molecule has 0 atom stereocenters. The summed E-state index contributed by atoms with van der Waals surface area (Å²) in [7, 11) is 0. The van der Waals surface area contributed by atoms with Gasteiger partial charge in [-0.25, -0.2) is 9.37 Å². The molecule has 0 aliphatic rings. The van der Waals surface area contributed by atoms with Crippen LogP contribution in [-0.4, -0.2) is 16.1 Å². The molecule has 0 aliphatic carbocycles. The van der Waals surface area contributed by atoms with Gasteiger partial charge in [0.25, 0.3) is 0 Å². The summed E-state index contributed by atoms with van der Waals surface area (Å²) >= 11 is 1.46. The van der Waals surface area contributed by atoms with Crippen LogP contribution in [0, 0.1) is 19.7 Å².